The van der Waals surface area contributed by atoms with E-state index in [0.717, 1.165) is 5.56 Å². The first-order valence-corrected chi connectivity index (χ1v) is 8.63. The summed E-state index contributed by atoms with van der Waals surface area (Å²) in [5.74, 6) is -0.590. The lowest BCUT2D eigenvalue weighted by molar-refractivity contribution is 0.0718. The third kappa shape index (κ3) is 3.79. The van der Waals surface area contributed by atoms with E-state index < -0.39 is 0 Å². The first kappa shape index (κ1) is 17.8. The van der Waals surface area contributed by atoms with Gasteiger partial charge in [0.15, 0.2) is 0 Å². The Morgan fingerprint density at radius 3 is 2.04 bits per heavy atom. The molecule has 2 aromatic carbocycles. The monoisotopic (exact) mass is 354 g/mol. The first-order valence-electron chi connectivity index (χ1n) is 8.63. The van der Waals surface area contributed by atoms with E-state index in [1.165, 1.54) is 18.2 Å². The zero-order valence-electron chi connectivity index (χ0n) is 14.7. The van der Waals surface area contributed by atoms with Crippen LogP contribution in [0.1, 0.15) is 32.7 Å². The third-order valence-corrected chi connectivity index (χ3v) is 4.60. The van der Waals surface area contributed by atoms with Crippen LogP contribution in [-0.2, 0) is 0 Å². The fraction of sp³-hybridized carbons (Fsp3) is 0.300. The number of phenolic OH excluding ortho intramolecular Hbond substituents is 2. The maximum Gasteiger partial charge on any atom is 0.254 e. The van der Waals surface area contributed by atoms with Crippen molar-refractivity contribution in [3.8, 4) is 11.5 Å². The molecule has 136 valence electrons. The summed E-state index contributed by atoms with van der Waals surface area (Å²) >= 11 is 0. The molecule has 0 radical (unpaired) electrons. The van der Waals surface area contributed by atoms with Gasteiger partial charge in [0, 0.05) is 43.4 Å². The third-order valence-electron chi connectivity index (χ3n) is 4.60. The summed E-state index contributed by atoms with van der Waals surface area (Å²) in [7, 11) is 0. The van der Waals surface area contributed by atoms with Crippen LogP contribution in [0.2, 0.25) is 0 Å². The average molecular weight is 354 g/mol. The lowest BCUT2D eigenvalue weighted by Gasteiger charge is -2.23. The molecular formula is C20H22N2O4. The zero-order valence-corrected chi connectivity index (χ0v) is 14.7. The number of aryl methyl sites for hydroxylation is 1. The van der Waals surface area contributed by atoms with Crippen molar-refractivity contribution >= 4 is 11.8 Å². The molecule has 0 unspecified atom stereocenters. The van der Waals surface area contributed by atoms with Crippen LogP contribution >= 0.6 is 0 Å². The molecule has 1 aliphatic rings. The topological polar surface area (TPSA) is 81.1 Å². The van der Waals surface area contributed by atoms with Crippen LogP contribution in [0.3, 0.4) is 0 Å². The predicted octanol–water partition coefficient (Wildman–Crippen LogP) is 2.39. The van der Waals surface area contributed by atoms with E-state index in [1.807, 2.05) is 31.2 Å². The van der Waals surface area contributed by atoms with Gasteiger partial charge in [0.05, 0.1) is 0 Å². The fourth-order valence-electron chi connectivity index (χ4n) is 3.21. The number of rotatable bonds is 2. The van der Waals surface area contributed by atoms with Crippen molar-refractivity contribution in [2.45, 2.75) is 13.3 Å². The molecule has 6 heteroatoms. The van der Waals surface area contributed by atoms with Crippen molar-refractivity contribution in [3.63, 3.8) is 0 Å². The minimum Gasteiger partial charge on any atom is -0.508 e. The quantitative estimate of drug-likeness (QED) is 0.868. The normalized spacial score (nSPS) is 14.8. The van der Waals surface area contributed by atoms with E-state index in [-0.39, 0.29) is 28.9 Å². The molecule has 2 N–H and O–H groups in total. The Kier molecular flexibility index (Phi) is 5.11. The highest BCUT2D eigenvalue weighted by atomic mass is 16.3. The van der Waals surface area contributed by atoms with Crippen molar-refractivity contribution in [2.75, 3.05) is 26.2 Å². The number of hydrogen-bond donors (Lipinski definition) is 2. The van der Waals surface area contributed by atoms with Crippen molar-refractivity contribution in [3.05, 3.63) is 59.2 Å². The number of amides is 2. The van der Waals surface area contributed by atoms with Crippen LogP contribution in [0.4, 0.5) is 0 Å². The first-order chi connectivity index (χ1) is 12.5. The molecule has 2 amide bonds. The molecule has 0 atom stereocenters. The molecule has 6 nitrogen and oxygen atoms in total. The van der Waals surface area contributed by atoms with E-state index in [2.05, 4.69) is 0 Å². The van der Waals surface area contributed by atoms with E-state index in [4.69, 9.17) is 0 Å². The van der Waals surface area contributed by atoms with E-state index in [0.29, 0.717) is 38.2 Å². The van der Waals surface area contributed by atoms with Gasteiger partial charge in [0.1, 0.15) is 11.5 Å². The van der Waals surface area contributed by atoms with Crippen LogP contribution in [0, 0.1) is 6.92 Å². The van der Waals surface area contributed by atoms with Gasteiger partial charge >= 0.3 is 0 Å². The second kappa shape index (κ2) is 7.47. The molecule has 1 fully saturated rings. The van der Waals surface area contributed by atoms with Gasteiger partial charge in [-0.25, -0.2) is 0 Å². The largest absolute Gasteiger partial charge is 0.508 e. The average Bonchev–Trinajstić information content (AvgIpc) is 2.86. The second-order valence-corrected chi connectivity index (χ2v) is 6.49. The molecule has 0 bridgehead atoms. The number of carbonyl (C=O) groups is 2. The van der Waals surface area contributed by atoms with Crippen molar-refractivity contribution in [2.24, 2.45) is 0 Å². The lowest BCUT2D eigenvalue weighted by Crippen LogP contribution is -2.37. The predicted molar refractivity (Wildman–Crippen MR) is 97.4 cm³/mol. The van der Waals surface area contributed by atoms with Gasteiger partial charge in [0.25, 0.3) is 11.8 Å². The Bertz CT molecular complexity index is 814. The molecular weight excluding hydrogens is 332 g/mol. The molecule has 1 aliphatic heterocycles. The summed E-state index contributed by atoms with van der Waals surface area (Å²) in [6.07, 6.45) is 0.675. The summed E-state index contributed by atoms with van der Waals surface area (Å²) in [5.41, 5.74) is 1.86. The number of benzene rings is 2. The second-order valence-electron chi connectivity index (χ2n) is 6.49. The number of carbonyl (C=O) groups excluding carboxylic acids is 2. The maximum atomic E-state index is 12.8. The van der Waals surface area contributed by atoms with Crippen LogP contribution in [0.25, 0.3) is 0 Å². The summed E-state index contributed by atoms with van der Waals surface area (Å²) in [4.78, 5) is 28.8. The minimum absolute atomic E-state index is 0.0209. The minimum atomic E-state index is -0.263. The highest BCUT2D eigenvalue weighted by Crippen LogP contribution is 2.22. The Morgan fingerprint density at radius 1 is 0.846 bits per heavy atom. The van der Waals surface area contributed by atoms with Gasteiger partial charge < -0.3 is 20.0 Å². The molecule has 1 heterocycles. The Morgan fingerprint density at radius 2 is 1.42 bits per heavy atom. The van der Waals surface area contributed by atoms with Crippen LogP contribution in [0.15, 0.2) is 42.5 Å². The maximum absolute atomic E-state index is 12.8. The number of nitrogens with zero attached hydrogens (tertiary/aromatic N) is 2. The van der Waals surface area contributed by atoms with Gasteiger partial charge in [-0.15, -0.1) is 0 Å². The summed E-state index contributed by atoms with van der Waals surface area (Å²) in [6.45, 7) is 3.88. The van der Waals surface area contributed by atoms with E-state index in [1.54, 1.807) is 9.80 Å². The van der Waals surface area contributed by atoms with Crippen molar-refractivity contribution in [1.29, 1.82) is 0 Å². The molecule has 1 saturated heterocycles. The van der Waals surface area contributed by atoms with Gasteiger partial charge in [-0.3, -0.25) is 9.59 Å². The SMILES string of the molecule is Cc1ccccc1C(=O)N1CCCN(C(=O)c2cc(O)cc(O)c2)CC1. The fourth-order valence-corrected chi connectivity index (χ4v) is 3.21. The van der Waals surface area contributed by atoms with E-state index in [9.17, 15) is 19.8 Å². The number of phenols is 2. The zero-order chi connectivity index (χ0) is 18.7. The highest BCUT2D eigenvalue weighted by molar-refractivity contribution is 5.96. The van der Waals surface area contributed by atoms with E-state index >= 15 is 0 Å². The van der Waals surface area contributed by atoms with Gasteiger partial charge in [-0.1, -0.05) is 18.2 Å². The van der Waals surface area contributed by atoms with Gasteiger partial charge in [0.2, 0.25) is 0 Å². The lowest BCUT2D eigenvalue weighted by atomic mass is 10.1. The van der Waals surface area contributed by atoms with Crippen LogP contribution in [0.5, 0.6) is 11.5 Å². The molecule has 0 saturated carbocycles. The molecule has 0 spiro atoms. The van der Waals surface area contributed by atoms with Crippen LogP contribution < -0.4 is 0 Å². The number of aromatic hydroxyl groups is 2. The van der Waals surface area contributed by atoms with Crippen molar-refractivity contribution < 1.29 is 19.8 Å². The molecule has 26 heavy (non-hydrogen) atoms. The summed E-state index contributed by atoms with van der Waals surface area (Å²) in [6, 6.07) is 11.3. The smallest absolute Gasteiger partial charge is 0.254 e. The van der Waals surface area contributed by atoms with Crippen molar-refractivity contribution in [1.82, 2.24) is 9.80 Å². The Hall–Kier alpha value is -3.02. The van der Waals surface area contributed by atoms with Crippen LogP contribution in [-0.4, -0.2) is 58.0 Å². The molecule has 2 aromatic rings. The molecule has 0 aliphatic carbocycles. The summed E-state index contributed by atoms with van der Waals surface area (Å²) in [5, 5.41) is 19.2. The number of hydrogen-bond acceptors (Lipinski definition) is 4. The Labute approximate surface area is 152 Å². The summed E-state index contributed by atoms with van der Waals surface area (Å²) < 4.78 is 0. The molecule has 3 rings (SSSR count). The van der Waals surface area contributed by atoms with Gasteiger partial charge in [-0.2, -0.15) is 0 Å². The standard InChI is InChI=1S/C20H22N2O4/c1-14-5-2-3-6-18(14)20(26)22-8-4-7-21(9-10-22)19(25)15-11-16(23)13-17(24)12-15/h2-3,5-6,11-13,23-24H,4,7-10H2,1H3. The highest BCUT2D eigenvalue weighted by Gasteiger charge is 2.24. The molecule has 0 aromatic heterocycles. The van der Waals surface area contributed by atoms with Gasteiger partial charge in [-0.05, 0) is 37.1 Å². The Balaban J connectivity index is 1.71.